The van der Waals surface area contributed by atoms with Crippen molar-refractivity contribution in [2.24, 2.45) is 0 Å². The number of benzene rings is 1. The van der Waals surface area contributed by atoms with Crippen LogP contribution in [0.25, 0.3) is 11.2 Å². The summed E-state index contributed by atoms with van der Waals surface area (Å²) < 4.78 is 0. The maximum Gasteiger partial charge on any atom is 0.277 e. The second-order valence-corrected chi connectivity index (χ2v) is 6.49. The van der Waals surface area contributed by atoms with E-state index in [9.17, 15) is 9.59 Å². The van der Waals surface area contributed by atoms with Gasteiger partial charge in [0.2, 0.25) is 5.91 Å². The largest absolute Gasteiger partial charge is 0.372 e. The summed E-state index contributed by atoms with van der Waals surface area (Å²) in [5.41, 5.74) is 2.21. The van der Waals surface area contributed by atoms with E-state index in [2.05, 4.69) is 44.0 Å². The topological polar surface area (TPSA) is 107 Å². The number of anilines is 2. The standard InChI is InChI=1S/C17H20N6O2S/c1-3-23(4-2)12-7-5-11(6-8-12)20-13(24)9-26-17-21-15-14(16(25)22-17)18-10-19-15/h5-8,10H,3-4,9H2,1-2H3,(H,20,24)(H2,18,19,21,22,25). The molecule has 3 N–H and O–H groups in total. The first kappa shape index (κ1) is 18.0. The van der Waals surface area contributed by atoms with Gasteiger partial charge < -0.3 is 15.2 Å². The summed E-state index contributed by atoms with van der Waals surface area (Å²) in [6.45, 7) is 6.08. The van der Waals surface area contributed by atoms with Gasteiger partial charge in [-0.1, -0.05) is 11.8 Å². The molecule has 9 heteroatoms. The molecule has 0 atom stereocenters. The molecule has 2 aromatic heterocycles. The molecule has 26 heavy (non-hydrogen) atoms. The van der Waals surface area contributed by atoms with Crippen LogP contribution < -0.4 is 15.8 Å². The summed E-state index contributed by atoms with van der Waals surface area (Å²) in [6, 6.07) is 7.73. The molecule has 0 aliphatic carbocycles. The van der Waals surface area contributed by atoms with Crippen LogP contribution in [0.2, 0.25) is 0 Å². The summed E-state index contributed by atoms with van der Waals surface area (Å²) >= 11 is 1.15. The fraction of sp³-hybridized carbons (Fsp3) is 0.294. The molecule has 0 radical (unpaired) electrons. The minimum absolute atomic E-state index is 0.136. The Morgan fingerprint density at radius 3 is 2.65 bits per heavy atom. The van der Waals surface area contributed by atoms with Crippen molar-refractivity contribution in [2.75, 3.05) is 29.1 Å². The number of carbonyl (C=O) groups is 1. The van der Waals surface area contributed by atoms with Gasteiger partial charge in [0, 0.05) is 24.5 Å². The quantitative estimate of drug-likeness (QED) is 0.434. The van der Waals surface area contributed by atoms with E-state index in [4.69, 9.17) is 0 Å². The molecule has 0 fully saturated rings. The third-order valence-electron chi connectivity index (χ3n) is 3.89. The first-order valence-corrected chi connectivity index (χ1v) is 9.30. The monoisotopic (exact) mass is 372 g/mol. The number of amides is 1. The Hall–Kier alpha value is -2.81. The molecule has 0 spiro atoms. The number of carbonyl (C=O) groups excluding carboxylic acids is 1. The van der Waals surface area contributed by atoms with Crippen molar-refractivity contribution in [3.05, 3.63) is 40.9 Å². The smallest absolute Gasteiger partial charge is 0.277 e. The van der Waals surface area contributed by atoms with Gasteiger partial charge in [0.05, 0.1) is 12.1 Å². The lowest BCUT2D eigenvalue weighted by atomic mass is 10.2. The zero-order valence-electron chi connectivity index (χ0n) is 14.6. The van der Waals surface area contributed by atoms with E-state index in [1.807, 2.05) is 24.3 Å². The zero-order chi connectivity index (χ0) is 18.5. The Bertz CT molecular complexity index is 946. The van der Waals surface area contributed by atoms with Gasteiger partial charge in [-0.2, -0.15) is 0 Å². The van der Waals surface area contributed by atoms with Crippen molar-refractivity contribution in [2.45, 2.75) is 19.0 Å². The molecule has 136 valence electrons. The Kier molecular flexibility index (Phi) is 5.57. The number of nitrogens with one attached hydrogen (secondary N) is 3. The highest BCUT2D eigenvalue weighted by Crippen LogP contribution is 2.18. The number of hydrogen-bond acceptors (Lipinski definition) is 6. The summed E-state index contributed by atoms with van der Waals surface area (Å²) in [6.07, 6.45) is 1.41. The van der Waals surface area contributed by atoms with Gasteiger partial charge in [0.25, 0.3) is 5.56 Å². The fourth-order valence-corrected chi connectivity index (χ4v) is 3.22. The van der Waals surface area contributed by atoms with Crippen LogP contribution in [0.3, 0.4) is 0 Å². The second kappa shape index (κ2) is 8.05. The predicted octanol–water partition coefficient (Wildman–Crippen LogP) is 2.22. The van der Waals surface area contributed by atoms with E-state index in [0.717, 1.165) is 36.2 Å². The van der Waals surface area contributed by atoms with E-state index >= 15 is 0 Å². The molecular weight excluding hydrogens is 352 g/mol. The van der Waals surface area contributed by atoms with Gasteiger partial charge in [-0.15, -0.1) is 0 Å². The van der Waals surface area contributed by atoms with Gasteiger partial charge in [0.1, 0.15) is 0 Å². The number of fused-ring (bicyclic) bond motifs is 1. The Morgan fingerprint density at radius 1 is 1.23 bits per heavy atom. The van der Waals surface area contributed by atoms with Gasteiger partial charge >= 0.3 is 0 Å². The van der Waals surface area contributed by atoms with E-state index in [0.29, 0.717) is 16.3 Å². The van der Waals surface area contributed by atoms with Gasteiger partial charge in [-0.25, -0.2) is 9.97 Å². The number of H-pyrrole nitrogens is 2. The first-order valence-electron chi connectivity index (χ1n) is 8.31. The van der Waals surface area contributed by atoms with E-state index in [1.54, 1.807) is 0 Å². The molecule has 3 rings (SSSR count). The molecule has 1 amide bonds. The molecular formula is C17H20N6O2S. The summed E-state index contributed by atoms with van der Waals surface area (Å²) in [7, 11) is 0. The van der Waals surface area contributed by atoms with E-state index < -0.39 is 0 Å². The highest BCUT2D eigenvalue weighted by Gasteiger charge is 2.09. The third-order valence-corrected chi connectivity index (χ3v) is 4.77. The van der Waals surface area contributed by atoms with Crippen molar-refractivity contribution < 1.29 is 4.79 Å². The molecule has 0 bridgehead atoms. The lowest BCUT2D eigenvalue weighted by Crippen LogP contribution is -2.21. The van der Waals surface area contributed by atoms with Crippen molar-refractivity contribution >= 4 is 40.2 Å². The molecule has 3 aromatic rings. The van der Waals surface area contributed by atoms with Crippen LogP contribution in [0.5, 0.6) is 0 Å². The van der Waals surface area contributed by atoms with Crippen LogP contribution in [0.1, 0.15) is 13.8 Å². The molecule has 1 aromatic carbocycles. The predicted molar refractivity (Wildman–Crippen MR) is 104 cm³/mol. The van der Waals surface area contributed by atoms with E-state index in [1.165, 1.54) is 6.33 Å². The van der Waals surface area contributed by atoms with Crippen molar-refractivity contribution in [1.29, 1.82) is 0 Å². The molecule has 0 saturated heterocycles. The van der Waals surface area contributed by atoms with Crippen molar-refractivity contribution in [3.8, 4) is 0 Å². The third kappa shape index (κ3) is 4.05. The van der Waals surface area contributed by atoms with Gasteiger partial charge in [0.15, 0.2) is 16.3 Å². The maximum absolute atomic E-state index is 12.1. The van der Waals surface area contributed by atoms with Crippen molar-refractivity contribution in [1.82, 2.24) is 19.9 Å². The van der Waals surface area contributed by atoms with Gasteiger partial charge in [-0.3, -0.25) is 14.6 Å². The fourth-order valence-electron chi connectivity index (χ4n) is 2.57. The highest BCUT2D eigenvalue weighted by atomic mass is 32.2. The number of hydrogen-bond donors (Lipinski definition) is 3. The van der Waals surface area contributed by atoms with Crippen LogP contribution in [-0.2, 0) is 4.79 Å². The van der Waals surface area contributed by atoms with Crippen LogP contribution in [-0.4, -0.2) is 44.7 Å². The highest BCUT2D eigenvalue weighted by molar-refractivity contribution is 7.99. The lowest BCUT2D eigenvalue weighted by Gasteiger charge is -2.21. The number of rotatable bonds is 7. The zero-order valence-corrected chi connectivity index (χ0v) is 15.4. The Morgan fingerprint density at radius 2 is 1.96 bits per heavy atom. The summed E-state index contributed by atoms with van der Waals surface area (Å²) in [5.74, 6) is -0.0354. The van der Waals surface area contributed by atoms with E-state index in [-0.39, 0.29) is 17.2 Å². The number of thioether (sulfide) groups is 1. The number of aromatic nitrogens is 4. The molecule has 0 unspecified atom stereocenters. The average molecular weight is 372 g/mol. The number of imidazole rings is 1. The average Bonchev–Trinajstić information content (AvgIpc) is 3.12. The van der Waals surface area contributed by atoms with Crippen LogP contribution >= 0.6 is 11.8 Å². The maximum atomic E-state index is 12.1. The second-order valence-electron chi connectivity index (χ2n) is 5.53. The van der Waals surface area contributed by atoms with Gasteiger partial charge in [-0.05, 0) is 38.1 Å². The van der Waals surface area contributed by atoms with Crippen molar-refractivity contribution in [3.63, 3.8) is 0 Å². The van der Waals surface area contributed by atoms with Crippen LogP contribution in [0, 0.1) is 0 Å². The Balaban J connectivity index is 1.59. The molecule has 0 saturated carbocycles. The molecule has 2 heterocycles. The van der Waals surface area contributed by atoms with Crippen LogP contribution in [0.4, 0.5) is 11.4 Å². The summed E-state index contributed by atoms with van der Waals surface area (Å²) in [4.78, 5) is 39.7. The number of nitrogens with zero attached hydrogens (tertiary/aromatic N) is 3. The minimum Gasteiger partial charge on any atom is -0.372 e. The number of aromatic amines is 2. The van der Waals surface area contributed by atoms with Crippen LogP contribution in [0.15, 0.2) is 40.5 Å². The Labute approximate surface area is 154 Å². The molecule has 0 aliphatic heterocycles. The summed E-state index contributed by atoms with van der Waals surface area (Å²) in [5, 5.41) is 3.20. The normalized spacial score (nSPS) is 10.8. The minimum atomic E-state index is -0.303. The SMILES string of the molecule is CCN(CC)c1ccc(NC(=O)CSc2nc3nc[nH]c3c(=O)[nH]2)cc1. The first-order chi connectivity index (χ1) is 12.6. The molecule has 8 nitrogen and oxygen atoms in total. The molecule has 0 aliphatic rings. The lowest BCUT2D eigenvalue weighted by molar-refractivity contribution is -0.113.